The van der Waals surface area contributed by atoms with Crippen LogP contribution in [0.25, 0.3) is 0 Å². The van der Waals surface area contributed by atoms with Gasteiger partial charge in [0.05, 0.1) is 10.6 Å². The lowest BCUT2D eigenvalue weighted by atomic mass is 9.87. The topological polar surface area (TPSA) is 32.3 Å². The van der Waals surface area contributed by atoms with Gasteiger partial charge in [-0.3, -0.25) is 0 Å². The number of aliphatic hydroxyl groups is 1. The van der Waals surface area contributed by atoms with E-state index in [4.69, 9.17) is 0 Å². The molecule has 1 aliphatic carbocycles. The van der Waals surface area contributed by atoms with E-state index in [2.05, 4.69) is 28.2 Å². The predicted octanol–water partition coefficient (Wildman–Crippen LogP) is 3.79. The van der Waals surface area contributed by atoms with E-state index in [-0.39, 0.29) is 18.0 Å². The first kappa shape index (κ1) is 14.9. The molecule has 106 valence electrons. The normalized spacial score (nSPS) is 25.3. The fourth-order valence-corrected chi connectivity index (χ4v) is 2.99. The van der Waals surface area contributed by atoms with E-state index in [1.54, 1.807) is 0 Å². The molecule has 1 unspecified atom stereocenters. The third-order valence-corrected chi connectivity index (χ3v) is 4.58. The molecule has 0 spiro atoms. The Balaban J connectivity index is 1.83. The summed E-state index contributed by atoms with van der Waals surface area (Å²) in [4.78, 5) is 0. The largest absolute Gasteiger partial charge is 0.393 e. The van der Waals surface area contributed by atoms with Crippen molar-refractivity contribution in [1.82, 2.24) is 5.32 Å². The molecule has 1 aromatic carbocycles. The summed E-state index contributed by atoms with van der Waals surface area (Å²) in [6.07, 6.45) is 3.93. The molecular weight excluding hydrogens is 309 g/mol. The quantitative estimate of drug-likeness (QED) is 0.880. The van der Waals surface area contributed by atoms with Crippen molar-refractivity contribution in [3.8, 4) is 0 Å². The Morgan fingerprint density at radius 3 is 2.68 bits per heavy atom. The Labute approximate surface area is 122 Å². The molecule has 2 N–H and O–H groups in total. The van der Waals surface area contributed by atoms with Crippen LogP contribution in [0.4, 0.5) is 4.39 Å². The maximum atomic E-state index is 13.2. The second-order valence-corrected chi connectivity index (χ2v) is 6.33. The van der Waals surface area contributed by atoms with Gasteiger partial charge >= 0.3 is 0 Å². The number of hydrogen-bond donors (Lipinski definition) is 2. The van der Waals surface area contributed by atoms with E-state index in [0.29, 0.717) is 10.4 Å². The van der Waals surface area contributed by atoms with Crippen molar-refractivity contribution in [2.24, 2.45) is 5.92 Å². The summed E-state index contributed by atoms with van der Waals surface area (Å²) in [5, 5.41) is 13.0. The SMILES string of the molecule is CC(NCC1CCC(O)CC1)c1ccc(F)c(Br)c1. The van der Waals surface area contributed by atoms with Gasteiger partial charge in [0.25, 0.3) is 0 Å². The molecule has 2 rings (SSSR count). The molecule has 0 amide bonds. The second-order valence-electron chi connectivity index (χ2n) is 5.48. The van der Waals surface area contributed by atoms with Crippen LogP contribution in [-0.4, -0.2) is 17.8 Å². The summed E-state index contributed by atoms with van der Waals surface area (Å²) >= 11 is 3.22. The number of nitrogens with one attached hydrogen (secondary N) is 1. The van der Waals surface area contributed by atoms with Crippen LogP contribution >= 0.6 is 15.9 Å². The number of rotatable bonds is 4. The van der Waals surface area contributed by atoms with Gasteiger partial charge in [0.1, 0.15) is 5.82 Å². The maximum absolute atomic E-state index is 13.2. The lowest BCUT2D eigenvalue weighted by Gasteiger charge is -2.27. The number of halogens is 2. The molecule has 0 bridgehead atoms. The van der Waals surface area contributed by atoms with Crippen molar-refractivity contribution in [3.05, 3.63) is 34.1 Å². The number of benzene rings is 1. The van der Waals surface area contributed by atoms with E-state index >= 15 is 0 Å². The summed E-state index contributed by atoms with van der Waals surface area (Å²) in [6, 6.07) is 5.36. The summed E-state index contributed by atoms with van der Waals surface area (Å²) < 4.78 is 13.7. The first-order chi connectivity index (χ1) is 9.06. The minimum atomic E-state index is -0.225. The Morgan fingerprint density at radius 2 is 2.05 bits per heavy atom. The van der Waals surface area contributed by atoms with Gasteiger partial charge in [-0.15, -0.1) is 0 Å². The highest BCUT2D eigenvalue weighted by Crippen LogP contribution is 2.25. The zero-order valence-electron chi connectivity index (χ0n) is 11.2. The zero-order valence-corrected chi connectivity index (χ0v) is 12.8. The van der Waals surface area contributed by atoms with Crippen molar-refractivity contribution < 1.29 is 9.50 Å². The van der Waals surface area contributed by atoms with Crippen LogP contribution in [0.2, 0.25) is 0 Å². The summed E-state index contributed by atoms with van der Waals surface area (Å²) in [5.74, 6) is 0.423. The van der Waals surface area contributed by atoms with Gasteiger partial charge in [-0.05, 0) is 78.7 Å². The highest BCUT2D eigenvalue weighted by Gasteiger charge is 2.19. The molecular formula is C15H21BrFNO. The molecule has 4 heteroatoms. The van der Waals surface area contributed by atoms with Gasteiger partial charge in [0.15, 0.2) is 0 Å². The smallest absolute Gasteiger partial charge is 0.137 e. The fourth-order valence-electron chi connectivity index (χ4n) is 2.59. The number of hydrogen-bond acceptors (Lipinski definition) is 2. The van der Waals surface area contributed by atoms with Crippen molar-refractivity contribution in [2.45, 2.75) is 44.8 Å². The standard InChI is InChI=1S/C15H21BrFNO/c1-10(12-4-7-15(17)14(16)8-12)18-9-11-2-5-13(19)6-3-11/h4,7-8,10-11,13,18-19H,2-3,5-6,9H2,1H3. The lowest BCUT2D eigenvalue weighted by molar-refractivity contribution is 0.108. The van der Waals surface area contributed by atoms with Crippen LogP contribution < -0.4 is 5.32 Å². The molecule has 1 fully saturated rings. The third kappa shape index (κ3) is 4.26. The van der Waals surface area contributed by atoms with Crippen molar-refractivity contribution >= 4 is 15.9 Å². The van der Waals surface area contributed by atoms with Crippen LogP contribution in [0.3, 0.4) is 0 Å². The van der Waals surface area contributed by atoms with Crippen LogP contribution in [0.1, 0.15) is 44.2 Å². The predicted molar refractivity (Wildman–Crippen MR) is 78.5 cm³/mol. The van der Waals surface area contributed by atoms with Crippen molar-refractivity contribution in [2.75, 3.05) is 6.54 Å². The Morgan fingerprint density at radius 1 is 1.37 bits per heavy atom. The van der Waals surface area contributed by atoms with Gasteiger partial charge in [0, 0.05) is 6.04 Å². The van der Waals surface area contributed by atoms with E-state index in [1.165, 1.54) is 6.07 Å². The average molecular weight is 330 g/mol. The molecule has 0 radical (unpaired) electrons. The van der Waals surface area contributed by atoms with E-state index in [1.807, 2.05) is 12.1 Å². The van der Waals surface area contributed by atoms with Gasteiger partial charge in [-0.1, -0.05) is 6.07 Å². The summed E-state index contributed by atoms with van der Waals surface area (Å²) in [6.45, 7) is 3.06. The summed E-state index contributed by atoms with van der Waals surface area (Å²) in [5.41, 5.74) is 1.09. The van der Waals surface area contributed by atoms with E-state index in [9.17, 15) is 9.50 Å². The maximum Gasteiger partial charge on any atom is 0.137 e. The molecule has 1 aliphatic rings. The molecule has 0 saturated heterocycles. The van der Waals surface area contributed by atoms with Crippen molar-refractivity contribution in [3.63, 3.8) is 0 Å². The Bertz CT molecular complexity index is 419. The average Bonchev–Trinajstić information content (AvgIpc) is 2.41. The molecule has 1 atom stereocenters. The second kappa shape index (κ2) is 6.82. The van der Waals surface area contributed by atoms with Gasteiger partial charge in [-0.2, -0.15) is 0 Å². The Hall–Kier alpha value is -0.450. The molecule has 0 heterocycles. The zero-order chi connectivity index (χ0) is 13.8. The van der Waals surface area contributed by atoms with Gasteiger partial charge in [-0.25, -0.2) is 4.39 Å². The monoisotopic (exact) mass is 329 g/mol. The fraction of sp³-hybridized carbons (Fsp3) is 0.600. The molecule has 0 aromatic heterocycles. The minimum Gasteiger partial charge on any atom is -0.393 e. The Kier molecular flexibility index (Phi) is 5.37. The van der Waals surface area contributed by atoms with Crippen LogP contribution in [-0.2, 0) is 0 Å². The lowest BCUT2D eigenvalue weighted by Crippen LogP contribution is -2.29. The molecule has 19 heavy (non-hydrogen) atoms. The number of aliphatic hydroxyl groups excluding tert-OH is 1. The van der Waals surface area contributed by atoms with Crippen LogP contribution in [0, 0.1) is 11.7 Å². The highest BCUT2D eigenvalue weighted by molar-refractivity contribution is 9.10. The first-order valence-electron chi connectivity index (χ1n) is 6.92. The molecule has 1 aromatic rings. The first-order valence-corrected chi connectivity index (χ1v) is 7.72. The highest BCUT2D eigenvalue weighted by atomic mass is 79.9. The van der Waals surface area contributed by atoms with E-state index in [0.717, 1.165) is 37.8 Å². The molecule has 1 saturated carbocycles. The van der Waals surface area contributed by atoms with Gasteiger partial charge < -0.3 is 10.4 Å². The summed E-state index contributed by atoms with van der Waals surface area (Å²) in [7, 11) is 0. The third-order valence-electron chi connectivity index (χ3n) is 3.97. The molecule has 0 aliphatic heterocycles. The van der Waals surface area contributed by atoms with Gasteiger partial charge in [0.2, 0.25) is 0 Å². The van der Waals surface area contributed by atoms with Crippen molar-refractivity contribution in [1.29, 1.82) is 0 Å². The molecule has 2 nitrogen and oxygen atoms in total. The van der Waals surface area contributed by atoms with E-state index < -0.39 is 0 Å². The van der Waals surface area contributed by atoms with Crippen LogP contribution in [0.15, 0.2) is 22.7 Å². The van der Waals surface area contributed by atoms with Crippen LogP contribution in [0.5, 0.6) is 0 Å². The minimum absolute atomic E-state index is 0.0956.